The van der Waals surface area contributed by atoms with E-state index in [1.54, 1.807) is 12.1 Å². The molecule has 2 aromatic rings. The Balaban J connectivity index is 0.00000361. The van der Waals surface area contributed by atoms with Gasteiger partial charge < -0.3 is 26.4 Å². The number of primary amides is 1. The Kier molecular flexibility index (Phi) is 5.45. The zero-order chi connectivity index (χ0) is 25.6. The van der Waals surface area contributed by atoms with Crippen LogP contribution in [0.5, 0.6) is 0 Å². The van der Waals surface area contributed by atoms with Crippen LogP contribution >= 0.6 is 23.1 Å². The summed E-state index contributed by atoms with van der Waals surface area (Å²) in [5.74, 6) is -3.71. The van der Waals surface area contributed by atoms with Gasteiger partial charge in [0.1, 0.15) is 14.2 Å². The molecule has 1 saturated heterocycles. The fraction of sp³-hybridized carbons (Fsp3) is 0.250. The quantitative estimate of drug-likeness (QED) is 0.342. The molecule has 2 atom stereocenters. The molecular weight excluding hydrogens is 456 g/mol. The molecule has 2 aliphatic heterocycles. The van der Waals surface area contributed by atoms with Gasteiger partial charge in [-0.1, -0.05) is 6.07 Å². The van der Waals surface area contributed by atoms with Gasteiger partial charge >= 0.3 is 0 Å². The third kappa shape index (κ3) is 4.52. The van der Waals surface area contributed by atoms with Crippen molar-refractivity contribution in [3.63, 3.8) is 0 Å². The van der Waals surface area contributed by atoms with Crippen LogP contribution in [-0.2, 0) is 27.3 Å². The maximum Gasteiger partial charge on any atom is 0.253 e. The molecule has 0 unspecified atom stereocenters. The molecule has 0 bridgehead atoms. The number of aromatic nitrogens is 1. The summed E-state index contributed by atoms with van der Waals surface area (Å²) in [6.45, 7) is -0.392. The van der Waals surface area contributed by atoms with E-state index in [1.165, 1.54) is 23.1 Å². The van der Waals surface area contributed by atoms with Crippen molar-refractivity contribution in [2.45, 2.75) is 24.4 Å². The summed E-state index contributed by atoms with van der Waals surface area (Å²) in [6.07, 6.45) is -1.12. The number of rotatable bonds is 7. The van der Waals surface area contributed by atoms with E-state index in [2.05, 4.69) is 5.32 Å². The van der Waals surface area contributed by atoms with Crippen molar-refractivity contribution >= 4 is 46.8 Å². The fourth-order valence-electron chi connectivity index (χ4n) is 3.29. The highest BCUT2D eigenvalue weighted by molar-refractivity contribution is 8.00. The van der Waals surface area contributed by atoms with Crippen LogP contribution in [0.3, 0.4) is 0 Å². The first-order valence-electron chi connectivity index (χ1n) is 11.0. The first-order valence-corrected chi connectivity index (χ1v) is 11.0. The maximum atomic E-state index is 12.8. The summed E-state index contributed by atoms with van der Waals surface area (Å²) in [5.41, 5.74) is 4.27. The number of fused-ring (bicyclic) bond motifs is 1. The minimum atomic E-state index is -1.65. The molecule has 12 heteroatoms. The van der Waals surface area contributed by atoms with Crippen LogP contribution in [0.25, 0.3) is 0 Å². The second kappa shape index (κ2) is 9.51. The van der Waals surface area contributed by atoms with Crippen molar-refractivity contribution in [1.82, 2.24) is 10.2 Å². The van der Waals surface area contributed by atoms with E-state index in [9.17, 15) is 24.3 Å². The Morgan fingerprint density at radius 2 is 2.06 bits per heavy atom. The Hall–Kier alpha value is -3.22. The maximum absolute atomic E-state index is 12.8. The molecule has 1 fully saturated rings. The van der Waals surface area contributed by atoms with Gasteiger partial charge in [0.15, 0.2) is 18.9 Å². The molecule has 0 aromatic carbocycles. The van der Waals surface area contributed by atoms with Crippen molar-refractivity contribution in [3.05, 3.63) is 63.7 Å². The number of nitrogens with two attached hydrogens (primary N) is 1. The zero-order valence-electron chi connectivity index (χ0n) is 20.3. The van der Waals surface area contributed by atoms with E-state index in [0.717, 1.165) is 14.3 Å². The predicted octanol–water partition coefficient (Wildman–Crippen LogP) is -2.04. The lowest BCUT2D eigenvalue weighted by atomic mass is 10.0. The number of thiophene rings is 1. The summed E-state index contributed by atoms with van der Waals surface area (Å²) in [4.78, 5) is 50.5. The van der Waals surface area contributed by atoms with E-state index in [0.29, 0.717) is 0 Å². The highest BCUT2D eigenvalue weighted by Crippen LogP contribution is 2.40. The fourth-order valence-corrected chi connectivity index (χ4v) is 5.33. The summed E-state index contributed by atoms with van der Waals surface area (Å²) in [6, 6.07) is 1.35. The number of carbonyl (C=O) groups excluding carboxylic acids is 4. The van der Waals surface area contributed by atoms with Crippen molar-refractivity contribution in [2.24, 2.45) is 5.73 Å². The standard InChI is InChI=1S/C20H18N4O5S2.H2O/c21-17(26)11-3-5-23(6-4-11)9-12-10-31-19-15(18(27)24(19)16(12)20(28)29)22-14(25)8-13-2-1-7-30-13;/h1-7,15,19H,8-10H2,(H3-,21,22,25,26,28,29);1H2/t15-,19-;/m1./s1/i3D,4D,5D,6D;. The molecule has 5 N–H and O–H groups in total. The van der Waals surface area contributed by atoms with Gasteiger partial charge in [0.05, 0.1) is 26.4 Å². The molecule has 2 aliphatic rings. The van der Waals surface area contributed by atoms with Gasteiger partial charge in [-0.25, -0.2) is 4.57 Å². The smallest absolute Gasteiger partial charge is 0.253 e. The number of nitrogens with zero attached hydrogens (tertiary/aromatic N) is 2. The predicted molar refractivity (Wildman–Crippen MR) is 114 cm³/mol. The molecule has 4 heterocycles. The summed E-state index contributed by atoms with van der Waals surface area (Å²) in [5, 5.41) is 15.8. The van der Waals surface area contributed by atoms with E-state index >= 15 is 0 Å². The van der Waals surface area contributed by atoms with Gasteiger partial charge in [0.25, 0.3) is 5.91 Å². The molecule has 0 radical (unpaired) electrons. The Morgan fingerprint density at radius 1 is 1.34 bits per heavy atom. The lowest BCUT2D eigenvalue weighted by molar-refractivity contribution is -0.689. The molecule has 0 saturated carbocycles. The van der Waals surface area contributed by atoms with E-state index in [4.69, 9.17) is 11.2 Å². The van der Waals surface area contributed by atoms with Crippen molar-refractivity contribution in [1.29, 1.82) is 0 Å². The van der Waals surface area contributed by atoms with Gasteiger partial charge in [0, 0.05) is 28.3 Å². The number of carbonyl (C=O) groups is 4. The van der Waals surface area contributed by atoms with Crippen molar-refractivity contribution in [2.75, 3.05) is 5.75 Å². The number of hydrogen-bond acceptors (Lipinski definition) is 7. The Bertz CT molecular complexity index is 1270. The average Bonchev–Trinajstić information content (AvgIpc) is 3.31. The minimum Gasteiger partial charge on any atom is -0.543 e. The van der Waals surface area contributed by atoms with E-state index in [-0.39, 0.29) is 29.1 Å². The normalized spacial score (nSPS) is 21.2. The third-order valence-electron chi connectivity index (χ3n) is 4.70. The molecule has 3 amide bonds. The number of amides is 3. The summed E-state index contributed by atoms with van der Waals surface area (Å²) in [7, 11) is 0. The Labute approximate surface area is 196 Å². The van der Waals surface area contributed by atoms with Crippen LogP contribution < -0.4 is 20.7 Å². The number of carboxylic acid groups (broad SMARTS) is 1. The number of carboxylic acids is 1. The second-order valence-electron chi connectivity index (χ2n) is 6.75. The number of β-lactam (4-membered cyclic amide) rings is 1. The molecule has 0 aliphatic carbocycles. The molecule has 2 aromatic heterocycles. The molecular formula is C20H20N4O6S2. The van der Waals surface area contributed by atoms with Crippen LogP contribution in [0.2, 0.25) is 0 Å². The van der Waals surface area contributed by atoms with Crippen LogP contribution in [0.4, 0.5) is 0 Å². The minimum absolute atomic E-state index is 0. The average molecular weight is 481 g/mol. The first-order chi connectivity index (χ1) is 16.5. The largest absolute Gasteiger partial charge is 0.543 e. The van der Waals surface area contributed by atoms with Gasteiger partial charge in [-0.2, -0.15) is 0 Å². The monoisotopic (exact) mass is 480 g/mol. The molecule has 168 valence electrons. The van der Waals surface area contributed by atoms with E-state index < -0.39 is 71.4 Å². The lowest BCUT2D eigenvalue weighted by Crippen LogP contribution is -2.71. The third-order valence-corrected chi connectivity index (χ3v) is 6.92. The van der Waals surface area contributed by atoms with Crippen molar-refractivity contribution in [3.8, 4) is 0 Å². The van der Waals surface area contributed by atoms with Gasteiger partial charge in [-0.05, 0) is 11.4 Å². The number of hydrogen-bond donors (Lipinski definition) is 2. The SMILES string of the molecule is O.[2H]c1c(C(N)=O)c([2H])c([2H])[n+](CC2=C(C(=O)[O-])N3C(=O)[C@@H](NC(=O)Cc4cccs4)[C@H]3SC2)c1[2H]. The number of pyridine rings is 1. The van der Waals surface area contributed by atoms with Gasteiger partial charge in [-0.3, -0.25) is 19.3 Å². The molecule has 10 nitrogen and oxygen atoms in total. The van der Waals surface area contributed by atoms with Crippen LogP contribution in [-0.4, -0.2) is 51.2 Å². The lowest BCUT2D eigenvalue weighted by Gasteiger charge is -2.50. The number of thioether (sulfide) groups is 1. The summed E-state index contributed by atoms with van der Waals surface area (Å²) < 4.78 is 33.1. The first kappa shape index (κ1) is 18.4. The van der Waals surface area contributed by atoms with Crippen molar-refractivity contribution < 1.29 is 39.8 Å². The van der Waals surface area contributed by atoms with Gasteiger partial charge in [-0.15, -0.1) is 23.1 Å². The highest BCUT2D eigenvalue weighted by atomic mass is 32.2. The van der Waals surface area contributed by atoms with Crippen LogP contribution in [0, 0.1) is 0 Å². The summed E-state index contributed by atoms with van der Waals surface area (Å²) >= 11 is 2.59. The van der Waals surface area contributed by atoms with E-state index in [1.807, 2.05) is 5.38 Å². The van der Waals surface area contributed by atoms with Gasteiger partial charge in [0.2, 0.25) is 11.8 Å². The highest BCUT2D eigenvalue weighted by Gasteiger charge is 2.53. The topological polar surface area (TPSA) is 168 Å². The molecule has 0 spiro atoms. The zero-order valence-corrected chi connectivity index (χ0v) is 18.0. The van der Waals surface area contributed by atoms with Crippen LogP contribution in [0.1, 0.15) is 20.7 Å². The van der Waals surface area contributed by atoms with Crippen LogP contribution in [0.15, 0.2) is 53.2 Å². The number of aliphatic carboxylic acids is 1. The Morgan fingerprint density at radius 3 is 2.66 bits per heavy atom. The molecule has 32 heavy (non-hydrogen) atoms. The molecule has 4 rings (SSSR count). The second-order valence-corrected chi connectivity index (χ2v) is 8.89. The number of nitrogens with one attached hydrogen (secondary N) is 1.